The van der Waals surface area contributed by atoms with Crippen molar-refractivity contribution in [2.75, 3.05) is 14.2 Å². The molecule has 0 bridgehead atoms. The van der Waals surface area contributed by atoms with Crippen molar-refractivity contribution in [3.8, 4) is 17.2 Å². The smallest absolute Gasteiger partial charge is 0.309 e. The Bertz CT molecular complexity index is 496. The number of aromatic hydroxyl groups is 1. The van der Waals surface area contributed by atoms with Gasteiger partial charge in [0.1, 0.15) is 0 Å². The van der Waals surface area contributed by atoms with E-state index >= 15 is 0 Å². The number of ether oxygens (including phenoxy) is 2. The third kappa shape index (κ3) is 3.04. The van der Waals surface area contributed by atoms with Gasteiger partial charge in [-0.15, -0.1) is 0 Å². The fourth-order valence-electron chi connectivity index (χ4n) is 1.67. The highest BCUT2D eigenvalue weighted by Crippen LogP contribution is 2.45. The molecular formula is C13H17ClO5. The van der Waals surface area contributed by atoms with Crippen LogP contribution in [0.5, 0.6) is 17.2 Å². The van der Waals surface area contributed by atoms with Gasteiger partial charge in [-0.2, -0.15) is 0 Å². The van der Waals surface area contributed by atoms with Crippen molar-refractivity contribution in [2.24, 2.45) is 5.41 Å². The third-order valence-electron chi connectivity index (χ3n) is 2.89. The lowest BCUT2D eigenvalue weighted by molar-refractivity contribution is -0.146. The number of methoxy groups -OCH3 is 2. The van der Waals surface area contributed by atoms with E-state index in [-0.39, 0.29) is 22.9 Å². The first-order chi connectivity index (χ1) is 8.74. The SMILES string of the molecule is COc1cc(Cl)c(CC(C)(C)C(=O)O)c(O)c1OC. The zero-order chi connectivity index (χ0) is 14.8. The molecule has 5 nitrogen and oxygen atoms in total. The lowest BCUT2D eigenvalue weighted by Gasteiger charge is -2.22. The predicted molar refractivity (Wildman–Crippen MR) is 71.3 cm³/mol. The van der Waals surface area contributed by atoms with Crippen LogP contribution in [0.25, 0.3) is 0 Å². The van der Waals surface area contributed by atoms with Gasteiger partial charge in [0, 0.05) is 11.6 Å². The minimum absolute atomic E-state index is 0.0767. The molecule has 6 heteroatoms. The van der Waals surface area contributed by atoms with Crippen molar-refractivity contribution in [1.29, 1.82) is 0 Å². The van der Waals surface area contributed by atoms with E-state index in [1.807, 2.05) is 0 Å². The molecule has 0 aliphatic carbocycles. The van der Waals surface area contributed by atoms with Crippen LogP contribution >= 0.6 is 11.6 Å². The molecule has 0 aromatic heterocycles. The summed E-state index contributed by atoms with van der Waals surface area (Å²) in [7, 11) is 2.81. The number of benzene rings is 1. The van der Waals surface area contributed by atoms with Crippen LogP contribution in [0, 0.1) is 5.41 Å². The molecule has 0 amide bonds. The van der Waals surface area contributed by atoms with E-state index in [4.69, 9.17) is 26.2 Å². The molecule has 19 heavy (non-hydrogen) atoms. The Balaban J connectivity index is 3.33. The summed E-state index contributed by atoms with van der Waals surface area (Å²) in [5, 5.41) is 19.5. The quantitative estimate of drug-likeness (QED) is 0.871. The minimum atomic E-state index is -1.05. The van der Waals surface area contributed by atoms with Crippen LogP contribution in [0.1, 0.15) is 19.4 Å². The molecule has 0 unspecified atom stereocenters. The highest BCUT2D eigenvalue weighted by Gasteiger charge is 2.31. The first-order valence-electron chi connectivity index (χ1n) is 5.60. The zero-order valence-electron chi connectivity index (χ0n) is 11.3. The fourth-order valence-corrected chi connectivity index (χ4v) is 1.92. The molecule has 0 radical (unpaired) electrons. The highest BCUT2D eigenvalue weighted by atomic mass is 35.5. The molecule has 0 saturated carbocycles. The van der Waals surface area contributed by atoms with Gasteiger partial charge in [0.05, 0.1) is 24.7 Å². The number of carboxylic acids is 1. The van der Waals surface area contributed by atoms with E-state index in [0.717, 1.165) is 0 Å². The second-order valence-corrected chi connectivity index (χ2v) is 5.19. The van der Waals surface area contributed by atoms with Gasteiger partial charge in [-0.05, 0) is 20.3 Å². The Labute approximate surface area is 116 Å². The Morgan fingerprint density at radius 2 is 1.95 bits per heavy atom. The number of carbonyl (C=O) groups is 1. The first kappa shape index (κ1) is 15.4. The molecule has 0 aliphatic rings. The molecule has 0 aliphatic heterocycles. The molecule has 0 saturated heterocycles. The molecule has 1 aromatic carbocycles. The molecular weight excluding hydrogens is 272 g/mol. The van der Waals surface area contributed by atoms with E-state index in [1.165, 1.54) is 20.3 Å². The van der Waals surface area contributed by atoms with Gasteiger partial charge in [0.15, 0.2) is 11.5 Å². The van der Waals surface area contributed by atoms with Crippen LogP contribution in [0.2, 0.25) is 5.02 Å². The number of carboxylic acid groups (broad SMARTS) is 1. The number of hydrogen-bond donors (Lipinski definition) is 2. The lowest BCUT2D eigenvalue weighted by atomic mass is 9.85. The van der Waals surface area contributed by atoms with Gasteiger partial charge >= 0.3 is 5.97 Å². The van der Waals surface area contributed by atoms with Crippen LogP contribution < -0.4 is 9.47 Å². The molecule has 0 spiro atoms. The Morgan fingerprint density at radius 1 is 1.37 bits per heavy atom. The van der Waals surface area contributed by atoms with Crippen LogP contribution in [-0.4, -0.2) is 30.4 Å². The average molecular weight is 289 g/mol. The highest BCUT2D eigenvalue weighted by molar-refractivity contribution is 6.31. The summed E-state index contributed by atoms with van der Waals surface area (Å²) in [6, 6.07) is 1.49. The summed E-state index contributed by atoms with van der Waals surface area (Å²) in [6.07, 6.45) is 0.0767. The number of aliphatic carboxylic acids is 1. The standard InChI is InChI=1S/C13H17ClO5/c1-13(2,12(16)17)6-7-8(14)5-9(18-3)11(19-4)10(7)15/h5,15H,6H2,1-4H3,(H,16,17). The third-order valence-corrected chi connectivity index (χ3v) is 3.23. The summed E-state index contributed by atoms with van der Waals surface area (Å²) >= 11 is 6.06. The van der Waals surface area contributed by atoms with Crippen molar-refractivity contribution < 1.29 is 24.5 Å². The van der Waals surface area contributed by atoms with Crippen molar-refractivity contribution in [2.45, 2.75) is 20.3 Å². The first-order valence-corrected chi connectivity index (χ1v) is 5.98. The maximum Gasteiger partial charge on any atom is 0.309 e. The predicted octanol–water partition coefficient (Wildman–Crippen LogP) is 2.72. The molecule has 1 rings (SSSR count). The van der Waals surface area contributed by atoms with E-state index in [1.54, 1.807) is 13.8 Å². The van der Waals surface area contributed by atoms with E-state index in [9.17, 15) is 9.90 Å². The summed E-state index contributed by atoms with van der Waals surface area (Å²) in [6.45, 7) is 3.11. The second-order valence-electron chi connectivity index (χ2n) is 4.79. The van der Waals surface area contributed by atoms with Crippen LogP contribution in [0.15, 0.2) is 6.07 Å². The van der Waals surface area contributed by atoms with Crippen molar-refractivity contribution in [3.63, 3.8) is 0 Å². The molecule has 0 atom stereocenters. The normalized spacial score (nSPS) is 11.2. The topological polar surface area (TPSA) is 76.0 Å². The van der Waals surface area contributed by atoms with Gasteiger partial charge < -0.3 is 19.7 Å². The monoisotopic (exact) mass is 288 g/mol. The Hall–Kier alpha value is -1.62. The van der Waals surface area contributed by atoms with Crippen LogP contribution in [0.4, 0.5) is 0 Å². The van der Waals surface area contributed by atoms with Gasteiger partial charge in [0.2, 0.25) is 5.75 Å². The van der Waals surface area contributed by atoms with Crippen molar-refractivity contribution in [1.82, 2.24) is 0 Å². The maximum absolute atomic E-state index is 11.1. The molecule has 2 N–H and O–H groups in total. The number of phenolic OH excluding ortho intramolecular Hbond substituents is 1. The molecule has 0 heterocycles. The molecule has 0 fully saturated rings. The van der Waals surface area contributed by atoms with Gasteiger partial charge in [0.25, 0.3) is 0 Å². The summed E-state index contributed by atoms with van der Waals surface area (Å²) < 4.78 is 10.1. The summed E-state index contributed by atoms with van der Waals surface area (Å²) in [5.74, 6) is -0.733. The molecule has 106 valence electrons. The number of rotatable bonds is 5. The Kier molecular flexibility index (Phi) is 4.52. The second kappa shape index (κ2) is 5.57. The van der Waals surface area contributed by atoms with Gasteiger partial charge in [-0.1, -0.05) is 11.6 Å². The van der Waals surface area contributed by atoms with Gasteiger partial charge in [-0.3, -0.25) is 4.79 Å². The number of halogens is 1. The van der Waals surface area contributed by atoms with E-state index < -0.39 is 11.4 Å². The Morgan fingerprint density at radius 3 is 2.37 bits per heavy atom. The van der Waals surface area contributed by atoms with E-state index in [0.29, 0.717) is 11.3 Å². The fraction of sp³-hybridized carbons (Fsp3) is 0.462. The number of hydrogen-bond acceptors (Lipinski definition) is 4. The molecule has 1 aromatic rings. The number of phenols is 1. The minimum Gasteiger partial charge on any atom is -0.504 e. The summed E-state index contributed by atoms with van der Waals surface area (Å²) in [4.78, 5) is 11.1. The van der Waals surface area contributed by atoms with Crippen LogP contribution in [0.3, 0.4) is 0 Å². The summed E-state index contributed by atoms with van der Waals surface area (Å²) in [5.41, 5.74) is -0.729. The van der Waals surface area contributed by atoms with E-state index in [2.05, 4.69) is 0 Å². The maximum atomic E-state index is 11.1. The van der Waals surface area contributed by atoms with Crippen molar-refractivity contribution in [3.05, 3.63) is 16.7 Å². The lowest BCUT2D eigenvalue weighted by Crippen LogP contribution is -2.26. The van der Waals surface area contributed by atoms with Gasteiger partial charge in [-0.25, -0.2) is 0 Å². The van der Waals surface area contributed by atoms with Crippen LogP contribution in [-0.2, 0) is 11.2 Å². The zero-order valence-corrected chi connectivity index (χ0v) is 12.0. The largest absolute Gasteiger partial charge is 0.504 e. The van der Waals surface area contributed by atoms with Crippen molar-refractivity contribution >= 4 is 17.6 Å². The average Bonchev–Trinajstić information content (AvgIpc) is 2.33.